The Bertz CT molecular complexity index is 1120. The summed E-state index contributed by atoms with van der Waals surface area (Å²) in [6.45, 7) is 0. The smallest absolute Gasteiger partial charge is 0.294 e. The van der Waals surface area contributed by atoms with Gasteiger partial charge in [0.25, 0.3) is 17.5 Å². The van der Waals surface area contributed by atoms with E-state index in [-0.39, 0.29) is 16.9 Å². The van der Waals surface area contributed by atoms with Crippen molar-refractivity contribution in [1.82, 2.24) is 5.32 Å². The fraction of sp³-hybridized carbons (Fsp3) is 0.0526. The number of hydrogen-bond donors (Lipinski definition) is 2. The number of hydrogen-bond acceptors (Lipinski definition) is 6. The molecule has 0 unspecified atom stereocenters. The van der Waals surface area contributed by atoms with Gasteiger partial charge >= 0.3 is 0 Å². The highest BCUT2D eigenvalue weighted by Gasteiger charge is 2.30. The van der Waals surface area contributed by atoms with Crippen LogP contribution in [0.15, 0.2) is 48.5 Å². The van der Waals surface area contributed by atoms with Gasteiger partial charge in [-0.1, -0.05) is 12.1 Å². The molecule has 0 fully saturated rings. The number of nitrogens with one attached hydrogen (secondary N) is 2. The Balaban J connectivity index is 1.97. The highest BCUT2D eigenvalue weighted by molar-refractivity contribution is 6.27. The molecule has 0 spiro atoms. The molecule has 8 nitrogen and oxygen atoms in total. The lowest BCUT2D eigenvalue weighted by molar-refractivity contribution is -0.383. The van der Waals surface area contributed by atoms with Crippen LogP contribution in [0.25, 0.3) is 10.8 Å². The van der Waals surface area contributed by atoms with Gasteiger partial charge in [-0.05, 0) is 30.3 Å². The molecule has 3 aromatic carbocycles. The molecule has 8 heteroatoms. The number of rotatable bonds is 4. The number of carbonyl (C=O) groups excluding carboxylic acids is 2. The highest BCUT2D eigenvalue weighted by Crippen LogP contribution is 2.40. The van der Waals surface area contributed by atoms with Crippen molar-refractivity contribution >= 4 is 39.6 Å². The van der Waals surface area contributed by atoms with Crippen LogP contribution in [-0.2, 0) is 0 Å². The van der Waals surface area contributed by atoms with Crippen LogP contribution in [-0.4, -0.2) is 23.8 Å². The van der Waals surface area contributed by atoms with Gasteiger partial charge in [-0.3, -0.25) is 25.0 Å². The first kappa shape index (κ1) is 16.5. The molecule has 2 N–H and O–H groups in total. The minimum Gasteiger partial charge on any atom is -0.497 e. The second-order valence-corrected chi connectivity index (χ2v) is 5.94. The second kappa shape index (κ2) is 6.10. The van der Waals surface area contributed by atoms with Gasteiger partial charge in [0.05, 0.1) is 17.6 Å². The molecule has 3 aromatic rings. The Morgan fingerprint density at radius 3 is 2.41 bits per heavy atom. The molecule has 0 aromatic heterocycles. The van der Waals surface area contributed by atoms with Crippen LogP contribution < -0.4 is 15.4 Å². The van der Waals surface area contributed by atoms with Crippen LogP contribution >= 0.6 is 0 Å². The number of nitrogens with zero attached hydrogens (tertiary/aromatic N) is 1. The van der Waals surface area contributed by atoms with Crippen LogP contribution in [0.3, 0.4) is 0 Å². The van der Waals surface area contributed by atoms with E-state index >= 15 is 0 Å². The average Bonchev–Trinajstić information content (AvgIpc) is 2.67. The number of benzene rings is 3. The molecule has 2 amide bonds. The first-order chi connectivity index (χ1) is 13.0. The van der Waals surface area contributed by atoms with Gasteiger partial charge in [0.2, 0.25) is 0 Å². The summed E-state index contributed by atoms with van der Waals surface area (Å²) in [7, 11) is 1.54. The molecule has 0 radical (unpaired) electrons. The Morgan fingerprint density at radius 2 is 1.74 bits per heavy atom. The summed E-state index contributed by atoms with van der Waals surface area (Å²) in [5.74, 6) is -0.528. The SMILES string of the molecule is COc1ccc(Nc2c([N+](=O)[O-])cc3c4c(cccc24)C(=O)NC3=O)cc1. The summed E-state index contributed by atoms with van der Waals surface area (Å²) in [5.41, 5.74) is 0.969. The van der Waals surface area contributed by atoms with Gasteiger partial charge in [0.1, 0.15) is 11.4 Å². The number of methoxy groups -OCH3 is 1. The monoisotopic (exact) mass is 363 g/mol. The molecule has 0 saturated heterocycles. The van der Waals surface area contributed by atoms with Gasteiger partial charge in [-0.2, -0.15) is 0 Å². The maximum absolute atomic E-state index is 12.2. The first-order valence-corrected chi connectivity index (χ1v) is 8.00. The summed E-state index contributed by atoms with van der Waals surface area (Å²) in [5, 5.41) is 17.7. The molecular weight excluding hydrogens is 350 g/mol. The largest absolute Gasteiger partial charge is 0.497 e. The summed E-state index contributed by atoms with van der Waals surface area (Å²) < 4.78 is 5.11. The molecule has 1 aliphatic heterocycles. The fourth-order valence-corrected chi connectivity index (χ4v) is 3.17. The van der Waals surface area contributed by atoms with Crippen molar-refractivity contribution in [3.05, 3.63) is 69.8 Å². The number of ether oxygens (including phenoxy) is 1. The van der Waals surface area contributed by atoms with E-state index in [2.05, 4.69) is 10.6 Å². The first-order valence-electron chi connectivity index (χ1n) is 8.00. The lowest BCUT2D eigenvalue weighted by Gasteiger charge is -2.19. The van der Waals surface area contributed by atoms with Crippen LogP contribution in [0.4, 0.5) is 17.1 Å². The van der Waals surface area contributed by atoms with Gasteiger partial charge < -0.3 is 10.1 Å². The Morgan fingerprint density at radius 1 is 1.04 bits per heavy atom. The number of carbonyl (C=O) groups is 2. The predicted molar refractivity (Wildman–Crippen MR) is 98.7 cm³/mol. The zero-order valence-corrected chi connectivity index (χ0v) is 14.1. The van der Waals surface area contributed by atoms with E-state index in [4.69, 9.17) is 4.74 Å². The van der Waals surface area contributed by atoms with E-state index in [0.717, 1.165) is 0 Å². The normalized spacial score (nSPS) is 12.6. The van der Waals surface area contributed by atoms with E-state index < -0.39 is 16.7 Å². The van der Waals surface area contributed by atoms with Crippen molar-refractivity contribution < 1.29 is 19.2 Å². The van der Waals surface area contributed by atoms with Crippen LogP contribution in [0.2, 0.25) is 0 Å². The van der Waals surface area contributed by atoms with Crippen molar-refractivity contribution in [3.8, 4) is 5.75 Å². The average molecular weight is 363 g/mol. The lowest BCUT2D eigenvalue weighted by atomic mass is 9.93. The number of anilines is 2. The topological polar surface area (TPSA) is 111 Å². The molecular formula is C19H13N3O5. The van der Waals surface area contributed by atoms with Crippen molar-refractivity contribution in [2.75, 3.05) is 12.4 Å². The minimum absolute atomic E-state index is 0.104. The quantitative estimate of drug-likeness (QED) is 0.418. The fourth-order valence-electron chi connectivity index (χ4n) is 3.17. The van der Waals surface area contributed by atoms with E-state index in [1.165, 1.54) is 6.07 Å². The number of amides is 2. The third-order valence-electron chi connectivity index (χ3n) is 4.41. The third-order valence-corrected chi connectivity index (χ3v) is 4.41. The summed E-state index contributed by atoms with van der Waals surface area (Å²) in [6.07, 6.45) is 0. The van der Waals surface area contributed by atoms with Gasteiger partial charge in [0, 0.05) is 28.1 Å². The third kappa shape index (κ3) is 2.63. The Kier molecular flexibility index (Phi) is 3.73. The molecule has 0 saturated carbocycles. The second-order valence-electron chi connectivity index (χ2n) is 5.94. The number of nitro groups is 1. The molecule has 27 heavy (non-hydrogen) atoms. The van der Waals surface area contributed by atoms with Crippen molar-refractivity contribution in [2.45, 2.75) is 0 Å². The Labute approximate surface area is 152 Å². The number of imide groups is 1. The summed E-state index contributed by atoms with van der Waals surface area (Å²) >= 11 is 0. The summed E-state index contributed by atoms with van der Waals surface area (Å²) in [6, 6.07) is 12.9. The maximum atomic E-state index is 12.2. The zero-order valence-electron chi connectivity index (χ0n) is 14.1. The molecule has 1 heterocycles. The van der Waals surface area contributed by atoms with Crippen molar-refractivity contribution in [2.24, 2.45) is 0 Å². The van der Waals surface area contributed by atoms with Crippen LogP contribution in [0.1, 0.15) is 20.7 Å². The van der Waals surface area contributed by atoms with E-state index in [0.29, 0.717) is 27.8 Å². The molecule has 0 atom stereocenters. The van der Waals surface area contributed by atoms with E-state index in [1.807, 2.05) is 0 Å². The Hall–Kier alpha value is -3.94. The summed E-state index contributed by atoms with van der Waals surface area (Å²) in [4.78, 5) is 35.4. The molecule has 0 bridgehead atoms. The highest BCUT2D eigenvalue weighted by atomic mass is 16.6. The molecule has 134 valence electrons. The zero-order chi connectivity index (χ0) is 19.1. The van der Waals surface area contributed by atoms with Gasteiger partial charge in [-0.15, -0.1) is 0 Å². The van der Waals surface area contributed by atoms with Gasteiger partial charge in [0.15, 0.2) is 0 Å². The molecule has 0 aliphatic carbocycles. The maximum Gasteiger partial charge on any atom is 0.294 e. The van der Waals surface area contributed by atoms with Crippen molar-refractivity contribution in [1.29, 1.82) is 0 Å². The minimum atomic E-state index is -0.650. The predicted octanol–water partition coefficient (Wildman–Crippen LogP) is 3.38. The molecule has 1 aliphatic rings. The van der Waals surface area contributed by atoms with E-state index in [1.54, 1.807) is 49.6 Å². The van der Waals surface area contributed by atoms with Crippen LogP contribution in [0.5, 0.6) is 5.75 Å². The van der Waals surface area contributed by atoms with Crippen LogP contribution in [0, 0.1) is 10.1 Å². The standard InChI is InChI=1S/C19H13N3O5/c1-27-11-7-5-10(6-8-11)20-17-12-3-2-4-13-16(12)14(9-15(17)22(25)26)19(24)21-18(13)23/h2-9,20H,1H3,(H,21,23,24). The lowest BCUT2D eigenvalue weighted by Crippen LogP contribution is -2.34. The molecule has 4 rings (SSSR count). The number of nitro benzene ring substituents is 1. The van der Waals surface area contributed by atoms with Crippen molar-refractivity contribution in [3.63, 3.8) is 0 Å². The van der Waals surface area contributed by atoms with E-state index in [9.17, 15) is 19.7 Å². The van der Waals surface area contributed by atoms with Gasteiger partial charge in [-0.25, -0.2) is 0 Å².